The van der Waals surface area contributed by atoms with Gasteiger partial charge in [0.05, 0.1) is 11.4 Å². The Bertz CT molecular complexity index is 766. The van der Waals surface area contributed by atoms with Crippen molar-refractivity contribution in [3.05, 3.63) is 65.7 Å². The molecule has 0 saturated carbocycles. The molecule has 0 aliphatic rings. The highest BCUT2D eigenvalue weighted by atomic mass is 32.2. The van der Waals surface area contributed by atoms with Crippen LogP contribution in [-0.4, -0.2) is 18.6 Å². The number of rotatable bonds is 5. The Hall–Kier alpha value is -2.14. The molecule has 2 aromatic rings. The number of benzene rings is 2. The smallest absolute Gasteiger partial charge is 0.266 e. The molecule has 0 aromatic heterocycles. The number of nitrogens with zero attached hydrogens (tertiary/aromatic N) is 1. The van der Waals surface area contributed by atoms with Crippen LogP contribution in [0.25, 0.3) is 0 Å². The highest BCUT2D eigenvalue weighted by Gasteiger charge is 2.30. The monoisotopic (exact) mass is 331 g/mol. The van der Waals surface area contributed by atoms with Crippen LogP contribution in [-0.2, 0) is 21.4 Å². The van der Waals surface area contributed by atoms with E-state index in [-0.39, 0.29) is 11.4 Å². The Labute approximate surface area is 137 Å². The summed E-state index contributed by atoms with van der Waals surface area (Å²) in [5.41, 5.74) is 1.74. The SMILES string of the molecule is Cc1ccc(S(=O)(=O)N(Cc2ccccc2)C(=O)C(C)C)cc1. The van der Waals surface area contributed by atoms with Gasteiger partial charge in [0.2, 0.25) is 5.91 Å². The molecule has 1 amide bonds. The first kappa shape index (κ1) is 17.2. The van der Waals surface area contributed by atoms with Crippen molar-refractivity contribution in [2.24, 2.45) is 5.92 Å². The lowest BCUT2D eigenvalue weighted by Crippen LogP contribution is -2.38. The number of hydrogen-bond donors (Lipinski definition) is 0. The number of aryl methyl sites for hydroxylation is 1. The average Bonchev–Trinajstić information content (AvgIpc) is 2.53. The molecule has 0 unspecified atom stereocenters. The molecule has 0 aliphatic heterocycles. The van der Waals surface area contributed by atoms with E-state index in [0.717, 1.165) is 15.4 Å². The predicted molar refractivity (Wildman–Crippen MR) is 90.2 cm³/mol. The Morgan fingerprint density at radius 3 is 2.09 bits per heavy atom. The lowest BCUT2D eigenvalue weighted by molar-refractivity contribution is -0.130. The van der Waals surface area contributed by atoms with E-state index in [4.69, 9.17) is 0 Å². The zero-order valence-electron chi connectivity index (χ0n) is 13.6. The fourth-order valence-corrected chi connectivity index (χ4v) is 3.66. The van der Waals surface area contributed by atoms with Gasteiger partial charge < -0.3 is 0 Å². The van der Waals surface area contributed by atoms with Crippen molar-refractivity contribution in [1.29, 1.82) is 0 Å². The molecule has 0 radical (unpaired) electrons. The summed E-state index contributed by atoms with van der Waals surface area (Å²) in [6.45, 7) is 5.32. The molecular weight excluding hydrogens is 310 g/mol. The van der Waals surface area contributed by atoms with Crippen LogP contribution in [0.1, 0.15) is 25.0 Å². The first-order valence-electron chi connectivity index (χ1n) is 7.49. The van der Waals surface area contributed by atoms with Crippen LogP contribution in [0.2, 0.25) is 0 Å². The predicted octanol–water partition coefficient (Wildman–Crippen LogP) is 3.37. The van der Waals surface area contributed by atoms with Crippen molar-refractivity contribution < 1.29 is 13.2 Å². The zero-order valence-corrected chi connectivity index (χ0v) is 14.4. The number of amides is 1. The maximum Gasteiger partial charge on any atom is 0.266 e. The van der Waals surface area contributed by atoms with Crippen molar-refractivity contribution in [1.82, 2.24) is 4.31 Å². The normalized spacial score (nSPS) is 11.5. The second-order valence-corrected chi connectivity index (χ2v) is 7.67. The molecular formula is C18H21NO3S. The quantitative estimate of drug-likeness (QED) is 0.844. The highest BCUT2D eigenvalue weighted by molar-refractivity contribution is 7.89. The molecule has 0 atom stereocenters. The molecule has 0 N–H and O–H groups in total. The maximum absolute atomic E-state index is 12.9. The van der Waals surface area contributed by atoms with E-state index in [1.807, 2.05) is 37.3 Å². The number of carbonyl (C=O) groups is 1. The standard InChI is InChI=1S/C18H21NO3S/c1-14(2)18(20)19(13-16-7-5-4-6-8-16)23(21,22)17-11-9-15(3)10-12-17/h4-12,14H,13H2,1-3H3. The van der Waals surface area contributed by atoms with E-state index in [9.17, 15) is 13.2 Å². The van der Waals surface area contributed by atoms with Gasteiger partial charge in [0.15, 0.2) is 0 Å². The molecule has 0 saturated heterocycles. The van der Waals surface area contributed by atoms with Gasteiger partial charge in [0.25, 0.3) is 10.0 Å². The minimum Gasteiger partial charge on any atom is -0.273 e. The van der Waals surface area contributed by atoms with Gasteiger partial charge >= 0.3 is 0 Å². The molecule has 0 aliphatic carbocycles. The maximum atomic E-state index is 12.9. The largest absolute Gasteiger partial charge is 0.273 e. The minimum atomic E-state index is -3.88. The molecule has 0 bridgehead atoms. The van der Waals surface area contributed by atoms with E-state index in [0.29, 0.717) is 0 Å². The van der Waals surface area contributed by atoms with Crippen LogP contribution < -0.4 is 0 Å². The Morgan fingerprint density at radius 1 is 1.00 bits per heavy atom. The molecule has 0 fully saturated rings. The summed E-state index contributed by atoms with van der Waals surface area (Å²) >= 11 is 0. The Morgan fingerprint density at radius 2 is 1.57 bits per heavy atom. The van der Waals surface area contributed by atoms with Crippen molar-refractivity contribution in [2.45, 2.75) is 32.2 Å². The van der Waals surface area contributed by atoms with Gasteiger partial charge in [-0.15, -0.1) is 0 Å². The summed E-state index contributed by atoms with van der Waals surface area (Å²) in [6.07, 6.45) is 0. The van der Waals surface area contributed by atoms with Crippen LogP contribution in [0.15, 0.2) is 59.5 Å². The molecule has 0 heterocycles. The first-order valence-corrected chi connectivity index (χ1v) is 8.93. The molecule has 2 aromatic carbocycles. The van der Waals surface area contributed by atoms with Crippen LogP contribution in [0.5, 0.6) is 0 Å². The van der Waals surface area contributed by atoms with E-state index in [1.54, 1.807) is 26.0 Å². The summed E-state index contributed by atoms with van der Waals surface area (Å²) in [4.78, 5) is 12.6. The van der Waals surface area contributed by atoms with Crippen LogP contribution in [0, 0.1) is 12.8 Å². The Kier molecular flexibility index (Phi) is 5.21. The molecule has 4 nitrogen and oxygen atoms in total. The summed E-state index contributed by atoms with van der Waals surface area (Å²) in [5, 5.41) is 0. The molecule has 2 rings (SSSR count). The van der Waals surface area contributed by atoms with Crippen molar-refractivity contribution >= 4 is 15.9 Å². The number of hydrogen-bond acceptors (Lipinski definition) is 3. The average molecular weight is 331 g/mol. The van der Waals surface area contributed by atoms with Gasteiger partial charge in [-0.25, -0.2) is 12.7 Å². The first-order chi connectivity index (χ1) is 10.8. The van der Waals surface area contributed by atoms with Crippen LogP contribution in [0.3, 0.4) is 0 Å². The third kappa shape index (κ3) is 3.99. The second kappa shape index (κ2) is 6.96. The van der Waals surface area contributed by atoms with Gasteiger partial charge in [0, 0.05) is 5.92 Å². The third-order valence-electron chi connectivity index (χ3n) is 3.52. The topological polar surface area (TPSA) is 54.5 Å². The lowest BCUT2D eigenvalue weighted by Gasteiger charge is -2.24. The summed E-state index contributed by atoms with van der Waals surface area (Å²) < 4.78 is 26.8. The van der Waals surface area contributed by atoms with Crippen LogP contribution in [0.4, 0.5) is 0 Å². The van der Waals surface area contributed by atoms with Gasteiger partial charge in [-0.2, -0.15) is 0 Å². The fourth-order valence-electron chi connectivity index (χ4n) is 2.16. The van der Waals surface area contributed by atoms with E-state index in [2.05, 4.69) is 0 Å². The van der Waals surface area contributed by atoms with E-state index >= 15 is 0 Å². The summed E-state index contributed by atoms with van der Waals surface area (Å²) in [5.74, 6) is -0.812. The summed E-state index contributed by atoms with van der Waals surface area (Å²) in [6, 6.07) is 15.7. The van der Waals surface area contributed by atoms with Crippen LogP contribution >= 0.6 is 0 Å². The van der Waals surface area contributed by atoms with Crippen molar-refractivity contribution in [2.75, 3.05) is 0 Å². The molecule has 122 valence electrons. The minimum absolute atomic E-state index is 0.0358. The summed E-state index contributed by atoms with van der Waals surface area (Å²) in [7, 11) is -3.88. The number of carbonyl (C=O) groups excluding carboxylic acids is 1. The van der Waals surface area contributed by atoms with E-state index < -0.39 is 21.8 Å². The van der Waals surface area contributed by atoms with Gasteiger partial charge in [-0.05, 0) is 24.6 Å². The van der Waals surface area contributed by atoms with E-state index in [1.165, 1.54) is 12.1 Å². The van der Waals surface area contributed by atoms with Gasteiger partial charge in [-0.1, -0.05) is 61.9 Å². The lowest BCUT2D eigenvalue weighted by atomic mass is 10.2. The fraction of sp³-hybridized carbons (Fsp3) is 0.278. The second-order valence-electron chi connectivity index (χ2n) is 5.80. The van der Waals surface area contributed by atoms with Crippen molar-refractivity contribution in [3.63, 3.8) is 0 Å². The third-order valence-corrected chi connectivity index (χ3v) is 5.27. The van der Waals surface area contributed by atoms with Crippen molar-refractivity contribution in [3.8, 4) is 0 Å². The van der Waals surface area contributed by atoms with Gasteiger partial charge in [0.1, 0.15) is 0 Å². The number of sulfonamides is 1. The zero-order chi connectivity index (χ0) is 17.0. The molecule has 5 heteroatoms. The highest BCUT2D eigenvalue weighted by Crippen LogP contribution is 2.21. The Balaban J connectivity index is 2.43. The van der Waals surface area contributed by atoms with Gasteiger partial charge in [-0.3, -0.25) is 4.79 Å². The molecule has 23 heavy (non-hydrogen) atoms. The molecule has 0 spiro atoms.